The molecule has 1 fully saturated rings. The van der Waals surface area contributed by atoms with Crippen LogP contribution in [0.1, 0.15) is 58.9 Å². The molecule has 1 aliphatic rings. The molecule has 1 aromatic rings. The lowest BCUT2D eigenvalue weighted by Crippen LogP contribution is -2.38. The van der Waals surface area contributed by atoms with Gasteiger partial charge in [0.15, 0.2) is 0 Å². The maximum atomic E-state index is 6.18. The van der Waals surface area contributed by atoms with Crippen LogP contribution in [-0.4, -0.2) is 18.7 Å². The van der Waals surface area contributed by atoms with Crippen molar-refractivity contribution >= 4 is 0 Å². The van der Waals surface area contributed by atoms with Crippen molar-refractivity contribution in [3.05, 3.63) is 29.8 Å². The van der Waals surface area contributed by atoms with Gasteiger partial charge in [-0.15, -0.1) is 0 Å². The quantitative estimate of drug-likeness (QED) is 0.836. The van der Waals surface area contributed by atoms with Crippen molar-refractivity contribution in [3.63, 3.8) is 0 Å². The SMILES string of the molecule is CCNC1CCCC1Oc1ccc(C(C)(C)CC)cc1. The van der Waals surface area contributed by atoms with E-state index in [0.29, 0.717) is 12.1 Å². The first-order chi connectivity index (χ1) is 9.56. The second-order valence-electron chi connectivity index (χ2n) is 6.51. The molecule has 1 aliphatic carbocycles. The number of hydrogen-bond donors (Lipinski definition) is 1. The molecule has 1 N–H and O–H groups in total. The molecule has 2 rings (SSSR count). The maximum Gasteiger partial charge on any atom is 0.119 e. The lowest BCUT2D eigenvalue weighted by atomic mass is 9.82. The Morgan fingerprint density at radius 1 is 1.15 bits per heavy atom. The molecule has 2 unspecified atom stereocenters. The second-order valence-corrected chi connectivity index (χ2v) is 6.51. The Bertz CT molecular complexity index is 410. The molecular formula is C18H29NO. The van der Waals surface area contributed by atoms with E-state index in [-0.39, 0.29) is 5.41 Å². The van der Waals surface area contributed by atoms with Gasteiger partial charge in [-0.3, -0.25) is 0 Å². The van der Waals surface area contributed by atoms with Crippen molar-refractivity contribution in [3.8, 4) is 5.75 Å². The fraction of sp³-hybridized carbons (Fsp3) is 0.667. The minimum absolute atomic E-state index is 0.248. The predicted molar refractivity (Wildman–Crippen MR) is 85.5 cm³/mol. The topological polar surface area (TPSA) is 21.3 Å². The van der Waals surface area contributed by atoms with Crippen LogP contribution >= 0.6 is 0 Å². The molecule has 2 heteroatoms. The first-order valence-corrected chi connectivity index (χ1v) is 8.07. The van der Waals surface area contributed by atoms with Crippen molar-refractivity contribution in [1.82, 2.24) is 5.32 Å². The van der Waals surface area contributed by atoms with Gasteiger partial charge in [-0.2, -0.15) is 0 Å². The number of likely N-dealkylation sites (N-methyl/N-ethyl adjacent to an activating group) is 1. The highest BCUT2D eigenvalue weighted by molar-refractivity contribution is 5.31. The van der Waals surface area contributed by atoms with E-state index in [1.54, 1.807) is 0 Å². The molecule has 0 amide bonds. The van der Waals surface area contributed by atoms with Crippen LogP contribution in [0.5, 0.6) is 5.75 Å². The Morgan fingerprint density at radius 2 is 1.85 bits per heavy atom. The Balaban J connectivity index is 2.00. The van der Waals surface area contributed by atoms with Gasteiger partial charge in [0.2, 0.25) is 0 Å². The van der Waals surface area contributed by atoms with Gasteiger partial charge in [-0.25, -0.2) is 0 Å². The summed E-state index contributed by atoms with van der Waals surface area (Å²) in [4.78, 5) is 0. The minimum atomic E-state index is 0.248. The van der Waals surface area contributed by atoms with Gasteiger partial charge in [0.05, 0.1) is 0 Å². The average Bonchev–Trinajstić information content (AvgIpc) is 2.87. The van der Waals surface area contributed by atoms with Crippen LogP contribution in [0, 0.1) is 0 Å². The molecule has 0 bridgehead atoms. The Labute approximate surface area is 123 Å². The summed E-state index contributed by atoms with van der Waals surface area (Å²) in [6, 6.07) is 9.22. The van der Waals surface area contributed by atoms with Crippen LogP contribution in [0.3, 0.4) is 0 Å². The van der Waals surface area contributed by atoms with Crippen molar-refractivity contribution in [2.75, 3.05) is 6.54 Å². The zero-order chi connectivity index (χ0) is 14.6. The maximum absolute atomic E-state index is 6.18. The van der Waals surface area contributed by atoms with Crippen LogP contribution in [0.25, 0.3) is 0 Å². The fourth-order valence-electron chi connectivity index (χ4n) is 2.93. The smallest absolute Gasteiger partial charge is 0.119 e. The highest BCUT2D eigenvalue weighted by Gasteiger charge is 2.28. The van der Waals surface area contributed by atoms with E-state index >= 15 is 0 Å². The van der Waals surface area contributed by atoms with Crippen LogP contribution in [-0.2, 0) is 5.41 Å². The zero-order valence-corrected chi connectivity index (χ0v) is 13.4. The van der Waals surface area contributed by atoms with Gasteiger partial charge in [0, 0.05) is 6.04 Å². The number of rotatable bonds is 6. The molecule has 0 saturated heterocycles. The molecule has 112 valence electrons. The second kappa shape index (κ2) is 6.62. The largest absolute Gasteiger partial charge is 0.489 e. The Hall–Kier alpha value is -1.02. The summed E-state index contributed by atoms with van der Waals surface area (Å²) < 4.78 is 6.18. The van der Waals surface area contributed by atoms with Gasteiger partial charge in [-0.1, -0.05) is 39.8 Å². The lowest BCUT2D eigenvalue weighted by Gasteiger charge is -2.25. The standard InChI is InChI=1S/C18H29NO/c1-5-18(3,4)14-10-12-15(13-11-14)20-17-9-7-8-16(17)19-6-2/h10-13,16-17,19H,5-9H2,1-4H3. The Morgan fingerprint density at radius 3 is 2.45 bits per heavy atom. The molecule has 0 spiro atoms. The van der Waals surface area contributed by atoms with Crippen LogP contribution in [0.15, 0.2) is 24.3 Å². The van der Waals surface area contributed by atoms with E-state index in [1.807, 2.05) is 0 Å². The molecule has 1 aromatic carbocycles. The summed E-state index contributed by atoms with van der Waals surface area (Å²) in [5.74, 6) is 1.01. The lowest BCUT2D eigenvalue weighted by molar-refractivity contribution is 0.176. The number of ether oxygens (including phenoxy) is 1. The molecule has 0 heterocycles. The highest BCUT2D eigenvalue weighted by atomic mass is 16.5. The van der Waals surface area contributed by atoms with E-state index in [9.17, 15) is 0 Å². The molecule has 0 aromatic heterocycles. The molecular weight excluding hydrogens is 246 g/mol. The highest BCUT2D eigenvalue weighted by Crippen LogP contribution is 2.30. The van der Waals surface area contributed by atoms with Crippen molar-refractivity contribution in [2.45, 2.75) is 70.9 Å². The van der Waals surface area contributed by atoms with Crippen LogP contribution in [0.2, 0.25) is 0 Å². The van der Waals surface area contributed by atoms with Crippen LogP contribution < -0.4 is 10.1 Å². The van der Waals surface area contributed by atoms with Crippen molar-refractivity contribution < 1.29 is 4.74 Å². The van der Waals surface area contributed by atoms with E-state index in [4.69, 9.17) is 4.74 Å². The average molecular weight is 275 g/mol. The molecule has 20 heavy (non-hydrogen) atoms. The fourth-order valence-corrected chi connectivity index (χ4v) is 2.93. The first-order valence-electron chi connectivity index (χ1n) is 8.07. The predicted octanol–water partition coefficient (Wildman–Crippen LogP) is 4.28. The number of nitrogens with one attached hydrogen (secondary N) is 1. The molecule has 2 nitrogen and oxygen atoms in total. The number of hydrogen-bond acceptors (Lipinski definition) is 2. The normalized spacial score (nSPS) is 23.0. The summed E-state index contributed by atoms with van der Waals surface area (Å²) in [5.41, 5.74) is 1.64. The van der Waals surface area contributed by atoms with Gasteiger partial charge >= 0.3 is 0 Å². The summed E-state index contributed by atoms with van der Waals surface area (Å²) in [5, 5.41) is 3.53. The third-order valence-electron chi connectivity index (χ3n) is 4.73. The monoisotopic (exact) mass is 275 g/mol. The molecule has 0 aliphatic heterocycles. The van der Waals surface area contributed by atoms with Crippen molar-refractivity contribution in [2.24, 2.45) is 0 Å². The van der Waals surface area contributed by atoms with E-state index in [2.05, 4.69) is 57.3 Å². The Kier molecular flexibility index (Phi) is 5.09. The summed E-state index contributed by atoms with van der Waals surface area (Å²) in [6.07, 6.45) is 5.15. The summed E-state index contributed by atoms with van der Waals surface area (Å²) >= 11 is 0. The van der Waals surface area contributed by atoms with Gasteiger partial charge in [-0.05, 0) is 55.3 Å². The van der Waals surface area contributed by atoms with Crippen LogP contribution in [0.4, 0.5) is 0 Å². The van der Waals surface area contributed by atoms with Gasteiger partial charge in [0.1, 0.15) is 11.9 Å². The van der Waals surface area contributed by atoms with E-state index in [0.717, 1.165) is 18.7 Å². The molecule has 0 radical (unpaired) electrons. The molecule has 2 atom stereocenters. The zero-order valence-electron chi connectivity index (χ0n) is 13.4. The first kappa shape index (κ1) is 15.4. The van der Waals surface area contributed by atoms with Crippen molar-refractivity contribution in [1.29, 1.82) is 0 Å². The summed E-state index contributed by atoms with van der Waals surface area (Å²) in [6.45, 7) is 10.0. The third-order valence-corrected chi connectivity index (χ3v) is 4.73. The molecule has 1 saturated carbocycles. The summed E-state index contributed by atoms with van der Waals surface area (Å²) in [7, 11) is 0. The van der Waals surface area contributed by atoms with Gasteiger partial charge in [0.25, 0.3) is 0 Å². The third kappa shape index (κ3) is 3.54. The minimum Gasteiger partial charge on any atom is -0.489 e. The van der Waals surface area contributed by atoms with E-state index < -0.39 is 0 Å². The number of benzene rings is 1. The van der Waals surface area contributed by atoms with Gasteiger partial charge < -0.3 is 10.1 Å². The van der Waals surface area contributed by atoms with E-state index in [1.165, 1.54) is 24.8 Å².